The summed E-state index contributed by atoms with van der Waals surface area (Å²) < 4.78 is 11.4. The molecule has 0 bridgehead atoms. The summed E-state index contributed by atoms with van der Waals surface area (Å²) in [6.45, 7) is 7.48. The van der Waals surface area contributed by atoms with E-state index in [2.05, 4.69) is 56.4 Å². The molecule has 0 saturated heterocycles. The predicted octanol–water partition coefficient (Wildman–Crippen LogP) is 3.52. The molecule has 3 unspecified atom stereocenters. The molecule has 2 nitrogen and oxygen atoms in total. The fraction of sp³-hybridized carbons (Fsp3) is 0.625. The van der Waals surface area contributed by atoms with Gasteiger partial charge in [-0.25, -0.2) is 0 Å². The average Bonchev–Trinajstić information content (AvgIpc) is 2.37. The maximum Gasteiger partial charge on any atom is 0.0329 e. The molecule has 0 heterocycles. The molecule has 1 rings (SSSR count). The molecule has 3 heteroatoms. The Morgan fingerprint density at radius 2 is 1.79 bits per heavy atom. The van der Waals surface area contributed by atoms with Crippen LogP contribution in [0.2, 0.25) is 0 Å². The Labute approximate surface area is 120 Å². The van der Waals surface area contributed by atoms with Crippen LogP contribution in [0.5, 0.6) is 0 Å². The van der Waals surface area contributed by atoms with Crippen molar-refractivity contribution in [2.24, 2.45) is 5.92 Å². The molecule has 1 aromatic carbocycles. The molecule has 3 atom stereocenters. The van der Waals surface area contributed by atoms with E-state index in [1.807, 2.05) is 0 Å². The highest BCUT2D eigenvalue weighted by atomic mass is 32.2. The zero-order valence-corrected chi connectivity index (χ0v) is 13.4. The van der Waals surface area contributed by atoms with Crippen LogP contribution in [0.25, 0.3) is 0 Å². The molecule has 0 aromatic heterocycles. The summed E-state index contributed by atoms with van der Waals surface area (Å²) in [6, 6.07) is 11.0. The van der Waals surface area contributed by atoms with Crippen molar-refractivity contribution >= 4 is 10.8 Å². The molecule has 0 aliphatic heterocycles. The van der Waals surface area contributed by atoms with Crippen molar-refractivity contribution in [3.63, 3.8) is 0 Å². The average molecular weight is 281 g/mol. The molecule has 0 saturated carbocycles. The van der Waals surface area contributed by atoms with Gasteiger partial charge in [-0.05, 0) is 30.9 Å². The summed E-state index contributed by atoms with van der Waals surface area (Å²) in [7, 11) is -0.720. The smallest absolute Gasteiger partial charge is 0.0329 e. The Balaban J connectivity index is 2.54. The van der Waals surface area contributed by atoms with Crippen molar-refractivity contribution in [3.05, 3.63) is 35.9 Å². The van der Waals surface area contributed by atoms with Crippen LogP contribution in [0.4, 0.5) is 0 Å². The highest BCUT2D eigenvalue weighted by Gasteiger charge is 2.13. The molecule has 1 N–H and O–H groups in total. The number of hydrogen-bond acceptors (Lipinski definition) is 2. The van der Waals surface area contributed by atoms with Crippen LogP contribution < -0.4 is 5.32 Å². The second-order valence-corrected chi connectivity index (χ2v) is 7.45. The number of nitrogens with one attached hydrogen (secondary N) is 1. The monoisotopic (exact) mass is 281 g/mol. The van der Waals surface area contributed by atoms with E-state index in [4.69, 9.17) is 0 Å². The fourth-order valence-corrected chi connectivity index (χ4v) is 2.57. The van der Waals surface area contributed by atoms with Crippen molar-refractivity contribution < 1.29 is 4.21 Å². The minimum atomic E-state index is -0.720. The molecular weight excluding hydrogens is 254 g/mol. The minimum Gasteiger partial charge on any atom is -0.310 e. The molecule has 0 fully saturated rings. The van der Waals surface area contributed by atoms with Gasteiger partial charge in [0.1, 0.15) is 0 Å². The maximum atomic E-state index is 11.4. The lowest BCUT2D eigenvalue weighted by Gasteiger charge is -2.22. The van der Waals surface area contributed by atoms with Gasteiger partial charge in [0.2, 0.25) is 0 Å². The minimum absolute atomic E-state index is 0.267. The Kier molecular flexibility index (Phi) is 7.32. The highest BCUT2D eigenvalue weighted by molar-refractivity contribution is 7.84. The van der Waals surface area contributed by atoms with Crippen molar-refractivity contribution in [1.29, 1.82) is 0 Å². The first-order valence-corrected chi connectivity index (χ1v) is 8.73. The molecule has 19 heavy (non-hydrogen) atoms. The Bertz CT molecular complexity index is 378. The lowest BCUT2D eigenvalue weighted by Crippen LogP contribution is -2.26. The van der Waals surface area contributed by atoms with E-state index in [9.17, 15) is 4.21 Å². The quantitative estimate of drug-likeness (QED) is 0.790. The molecule has 0 amide bonds. The number of hydrogen-bond donors (Lipinski definition) is 1. The van der Waals surface area contributed by atoms with E-state index < -0.39 is 10.8 Å². The summed E-state index contributed by atoms with van der Waals surface area (Å²) in [5.74, 6) is 0.662. The molecular formula is C16H27NOS. The summed E-state index contributed by atoms with van der Waals surface area (Å²) in [5.41, 5.74) is 1.35. The number of benzene rings is 1. The van der Waals surface area contributed by atoms with Crippen LogP contribution in [-0.4, -0.2) is 22.3 Å². The standard InChI is InChI=1S/C16H27NOS/c1-13(2)12-16(15-8-6-5-7-9-15)17-11-10-14(3)19(4)18/h5-9,13-14,16-17H,10-12H2,1-4H3. The second kappa shape index (κ2) is 8.49. The van der Waals surface area contributed by atoms with E-state index in [0.717, 1.165) is 19.4 Å². The van der Waals surface area contributed by atoms with Gasteiger partial charge in [-0.3, -0.25) is 4.21 Å². The largest absolute Gasteiger partial charge is 0.310 e. The van der Waals surface area contributed by atoms with Gasteiger partial charge in [-0.1, -0.05) is 51.1 Å². The molecule has 0 radical (unpaired) electrons. The highest BCUT2D eigenvalue weighted by Crippen LogP contribution is 2.21. The van der Waals surface area contributed by atoms with E-state index in [0.29, 0.717) is 12.0 Å². The van der Waals surface area contributed by atoms with Crippen molar-refractivity contribution in [2.45, 2.75) is 44.9 Å². The molecule has 108 valence electrons. The summed E-state index contributed by atoms with van der Waals surface area (Å²) in [4.78, 5) is 0. The van der Waals surface area contributed by atoms with Gasteiger partial charge in [-0.2, -0.15) is 0 Å². The van der Waals surface area contributed by atoms with Crippen LogP contribution in [0, 0.1) is 5.92 Å². The lowest BCUT2D eigenvalue weighted by atomic mass is 9.97. The summed E-state index contributed by atoms with van der Waals surface area (Å²) in [6.07, 6.45) is 3.88. The molecule has 0 aliphatic rings. The predicted molar refractivity (Wildman–Crippen MR) is 84.8 cm³/mol. The third kappa shape index (κ3) is 6.35. The van der Waals surface area contributed by atoms with Gasteiger partial charge in [0.05, 0.1) is 0 Å². The van der Waals surface area contributed by atoms with E-state index in [-0.39, 0.29) is 5.25 Å². The normalized spacial score (nSPS) is 16.3. The van der Waals surface area contributed by atoms with Gasteiger partial charge in [0.25, 0.3) is 0 Å². The third-order valence-corrected chi connectivity index (χ3v) is 4.79. The second-order valence-electron chi connectivity index (χ2n) is 5.64. The van der Waals surface area contributed by atoms with E-state index in [1.54, 1.807) is 6.26 Å². The van der Waals surface area contributed by atoms with Gasteiger partial charge in [0.15, 0.2) is 0 Å². The first-order chi connectivity index (χ1) is 9.00. The fourth-order valence-electron chi connectivity index (χ4n) is 2.12. The first-order valence-electron chi connectivity index (χ1n) is 7.11. The van der Waals surface area contributed by atoms with Crippen LogP contribution in [0.1, 0.15) is 45.2 Å². The van der Waals surface area contributed by atoms with Crippen molar-refractivity contribution in [3.8, 4) is 0 Å². The summed E-state index contributed by atoms with van der Waals surface area (Å²) >= 11 is 0. The molecule has 1 aromatic rings. The van der Waals surface area contributed by atoms with Gasteiger partial charge in [0, 0.05) is 28.3 Å². The van der Waals surface area contributed by atoms with E-state index in [1.165, 1.54) is 5.56 Å². The van der Waals surface area contributed by atoms with Crippen LogP contribution in [0.3, 0.4) is 0 Å². The topological polar surface area (TPSA) is 29.1 Å². The lowest BCUT2D eigenvalue weighted by molar-refractivity contribution is 0.426. The first kappa shape index (κ1) is 16.4. The Morgan fingerprint density at radius 1 is 1.16 bits per heavy atom. The summed E-state index contributed by atoms with van der Waals surface area (Å²) in [5, 5.41) is 3.89. The third-order valence-electron chi connectivity index (χ3n) is 3.42. The molecule has 0 aliphatic carbocycles. The van der Waals surface area contributed by atoms with Crippen LogP contribution >= 0.6 is 0 Å². The maximum absolute atomic E-state index is 11.4. The van der Waals surface area contributed by atoms with Gasteiger partial charge < -0.3 is 5.32 Å². The molecule has 0 spiro atoms. The van der Waals surface area contributed by atoms with E-state index >= 15 is 0 Å². The van der Waals surface area contributed by atoms with Crippen LogP contribution in [0.15, 0.2) is 30.3 Å². The van der Waals surface area contributed by atoms with Gasteiger partial charge in [-0.15, -0.1) is 0 Å². The van der Waals surface area contributed by atoms with Gasteiger partial charge >= 0.3 is 0 Å². The van der Waals surface area contributed by atoms with Crippen LogP contribution in [-0.2, 0) is 10.8 Å². The Hall–Kier alpha value is -0.670. The number of rotatable bonds is 8. The SMILES string of the molecule is CC(C)CC(NCCC(C)S(C)=O)c1ccccc1. The van der Waals surface area contributed by atoms with Crippen molar-refractivity contribution in [2.75, 3.05) is 12.8 Å². The zero-order valence-electron chi connectivity index (χ0n) is 12.6. The Morgan fingerprint density at radius 3 is 2.32 bits per heavy atom. The zero-order chi connectivity index (χ0) is 14.3. The van der Waals surface area contributed by atoms with Crippen molar-refractivity contribution in [1.82, 2.24) is 5.32 Å².